The molecule has 0 aromatic rings. The van der Waals surface area contributed by atoms with Gasteiger partial charge in [0, 0.05) is 19.2 Å². The molecule has 0 amide bonds. The Morgan fingerprint density at radius 2 is 2.18 bits per heavy atom. The van der Waals surface area contributed by atoms with Crippen LogP contribution >= 0.6 is 0 Å². The van der Waals surface area contributed by atoms with Gasteiger partial charge in [-0.05, 0) is 64.0 Å². The van der Waals surface area contributed by atoms with E-state index >= 15 is 0 Å². The van der Waals surface area contributed by atoms with E-state index in [-0.39, 0.29) is 0 Å². The smallest absolute Gasteiger partial charge is 0.0697 e. The summed E-state index contributed by atoms with van der Waals surface area (Å²) >= 11 is 0. The highest BCUT2D eigenvalue weighted by atomic mass is 16.5. The molecule has 1 saturated carbocycles. The highest BCUT2D eigenvalue weighted by Crippen LogP contribution is 2.44. The molecule has 3 rings (SSSR count). The number of hydrogen-bond donors (Lipinski definition) is 1. The summed E-state index contributed by atoms with van der Waals surface area (Å²) in [5, 5.41) is 0. The summed E-state index contributed by atoms with van der Waals surface area (Å²) in [6.07, 6.45) is 9.11. The number of rotatable bonds is 3. The average molecular weight is 238 g/mol. The van der Waals surface area contributed by atoms with Gasteiger partial charge in [0.2, 0.25) is 0 Å². The molecule has 17 heavy (non-hydrogen) atoms. The van der Waals surface area contributed by atoms with Gasteiger partial charge in [-0.25, -0.2) is 0 Å². The number of likely N-dealkylation sites (tertiary alicyclic amines) is 1. The van der Waals surface area contributed by atoms with E-state index in [2.05, 4.69) is 4.90 Å². The quantitative estimate of drug-likeness (QED) is 0.814. The Bertz CT molecular complexity index is 265. The summed E-state index contributed by atoms with van der Waals surface area (Å²) in [6, 6.07) is 0.798. The first-order chi connectivity index (χ1) is 8.31. The molecule has 2 saturated heterocycles. The summed E-state index contributed by atoms with van der Waals surface area (Å²) in [4.78, 5) is 2.73. The fraction of sp³-hybridized carbons (Fsp3) is 1.00. The van der Waals surface area contributed by atoms with E-state index in [1.165, 1.54) is 58.0 Å². The van der Waals surface area contributed by atoms with Gasteiger partial charge < -0.3 is 10.5 Å². The van der Waals surface area contributed by atoms with Crippen molar-refractivity contribution in [2.75, 3.05) is 26.2 Å². The van der Waals surface area contributed by atoms with Gasteiger partial charge in [0.05, 0.1) is 5.60 Å². The summed E-state index contributed by atoms with van der Waals surface area (Å²) in [5.74, 6) is 0.861. The lowest BCUT2D eigenvalue weighted by Crippen LogP contribution is -2.51. The van der Waals surface area contributed by atoms with Crippen molar-refractivity contribution in [3.63, 3.8) is 0 Å². The lowest BCUT2D eigenvalue weighted by atomic mass is 9.73. The van der Waals surface area contributed by atoms with Gasteiger partial charge in [-0.15, -0.1) is 0 Å². The second-order valence-corrected chi connectivity index (χ2v) is 6.26. The molecule has 2 heterocycles. The van der Waals surface area contributed by atoms with Crippen molar-refractivity contribution in [3.05, 3.63) is 0 Å². The number of hydrogen-bond acceptors (Lipinski definition) is 3. The van der Waals surface area contributed by atoms with Gasteiger partial charge in [0.15, 0.2) is 0 Å². The molecule has 3 heteroatoms. The van der Waals surface area contributed by atoms with Crippen molar-refractivity contribution in [3.8, 4) is 0 Å². The van der Waals surface area contributed by atoms with Crippen molar-refractivity contribution < 1.29 is 4.74 Å². The van der Waals surface area contributed by atoms with Crippen LogP contribution in [0.25, 0.3) is 0 Å². The fourth-order valence-corrected chi connectivity index (χ4v) is 3.90. The Hall–Kier alpha value is -0.120. The summed E-state index contributed by atoms with van der Waals surface area (Å²) in [7, 11) is 0. The Kier molecular flexibility index (Phi) is 3.42. The van der Waals surface area contributed by atoms with E-state index < -0.39 is 0 Å². The van der Waals surface area contributed by atoms with Crippen LogP contribution in [0.2, 0.25) is 0 Å². The lowest BCUT2D eigenvalue weighted by Gasteiger charge is -2.49. The molecule has 0 aromatic heterocycles. The van der Waals surface area contributed by atoms with Crippen LogP contribution in [0.1, 0.15) is 44.9 Å². The fourth-order valence-electron chi connectivity index (χ4n) is 3.90. The van der Waals surface area contributed by atoms with Gasteiger partial charge in [-0.3, -0.25) is 4.90 Å². The SMILES string of the molecule is NCCC1CCN(C2CCOC3(CCC3)C2)C1. The van der Waals surface area contributed by atoms with Crippen molar-refractivity contribution in [2.24, 2.45) is 11.7 Å². The van der Waals surface area contributed by atoms with Gasteiger partial charge in [0.1, 0.15) is 0 Å². The van der Waals surface area contributed by atoms with Gasteiger partial charge >= 0.3 is 0 Å². The summed E-state index contributed by atoms with van der Waals surface area (Å²) in [5.41, 5.74) is 5.97. The first-order valence-corrected chi connectivity index (χ1v) is 7.39. The van der Waals surface area contributed by atoms with Crippen molar-refractivity contribution in [1.29, 1.82) is 0 Å². The second-order valence-electron chi connectivity index (χ2n) is 6.26. The summed E-state index contributed by atoms with van der Waals surface area (Å²) < 4.78 is 6.02. The van der Waals surface area contributed by atoms with Crippen LogP contribution < -0.4 is 5.73 Å². The molecule has 0 bridgehead atoms. The number of nitrogens with two attached hydrogens (primary N) is 1. The minimum absolute atomic E-state index is 0.300. The molecule has 2 unspecified atom stereocenters. The van der Waals surface area contributed by atoms with Crippen LogP contribution in [0.3, 0.4) is 0 Å². The first-order valence-electron chi connectivity index (χ1n) is 7.39. The zero-order valence-corrected chi connectivity index (χ0v) is 10.9. The Morgan fingerprint density at radius 3 is 2.88 bits per heavy atom. The molecule has 0 radical (unpaired) electrons. The van der Waals surface area contributed by atoms with E-state index in [1.54, 1.807) is 0 Å². The Balaban J connectivity index is 1.54. The molecule has 2 atom stereocenters. The Morgan fingerprint density at radius 1 is 1.29 bits per heavy atom. The van der Waals surface area contributed by atoms with Crippen LogP contribution in [0, 0.1) is 5.92 Å². The molecule has 1 aliphatic carbocycles. The minimum atomic E-state index is 0.300. The van der Waals surface area contributed by atoms with Crippen LogP contribution in [-0.2, 0) is 4.74 Å². The third-order valence-electron chi connectivity index (χ3n) is 5.14. The highest BCUT2D eigenvalue weighted by molar-refractivity contribution is 4.97. The topological polar surface area (TPSA) is 38.5 Å². The molecular weight excluding hydrogens is 212 g/mol. The Labute approximate surface area is 105 Å². The lowest BCUT2D eigenvalue weighted by molar-refractivity contribution is -0.147. The molecule has 3 nitrogen and oxygen atoms in total. The number of nitrogens with zero attached hydrogens (tertiary/aromatic N) is 1. The number of ether oxygens (including phenoxy) is 1. The molecule has 98 valence electrons. The predicted octanol–water partition coefficient (Wildman–Crippen LogP) is 1.76. The maximum absolute atomic E-state index is 6.02. The van der Waals surface area contributed by atoms with Crippen LogP contribution in [0.4, 0.5) is 0 Å². The highest BCUT2D eigenvalue weighted by Gasteiger charge is 2.44. The van der Waals surface area contributed by atoms with Crippen LogP contribution in [0.15, 0.2) is 0 Å². The maximum Gasteiger partial charge on any atom is 0.0697 e. The molecule has 2 N–H and O–H groups in total. The zero-order valence-electron chi connectivity index (χ0n) is 10.9. The maximum atomic E-state index is 6.02. The van der Waals surface area contributed by atoms with Gasteiger partial charge in [-0.1, -0.05) is 0 Å². The monoisotopic (exact) mass is 238 g/mol. The third kappa shape index (κ3) is 2.38. The van der Waals surface area contributed by atoms with E-state index in [4.69, 9.17) is 10.5 Å². The standard InChI is InChI=1S/C14H26N2O/c15-7-2-12-3-8-16(11-12)13-4-9-17-14(10-13)5-1-6-14/h12-13H,1-11,15H2. The molecular formula is C14H26N2O. The van der Waals surface area contributed by atoms with E-state index in [1.807, 2.05) is 0 Å². The van der Waals surface area contributed by atoms with Crippen molar-refractivity contribution in [1.82, 2.24) is 4.90 Å². The second kappa shape index (κ2) is 4.87. The van der Waals surface area contributed by atoms with E-state index in [0.29, 0.717) is 5.60 Å². The van der Waals surface area contributed by atoms with Gasteiger partial charge in [0.25, 0.3) is 0 Å². The molecule has 1 spiro atoms. The predicted molar refractivity (Wildman–Crippen MR) is 68.9 cm³/mol. The third-order valence-corrected chi connectivity index (χ3v) is 5.14. The van der Waals surface area contributed by atoms with Gasteiger partial charge in [-0.2, -0.15) is 0 Å². The van der Waals surface area contributed by atoms with Crippen LogP contribution in [-0.4, -0.2) is 42.8 Å². The van der Waals surface area contributed by atoms with Crippen molar-refractivity contribution in [2.45, 2.75) is 56.6 Å². The van der Waals surface area contributed by atoms with E-state index in [0.717, 1.165) is 25.1 Å². The molecule has 0 aromatic carbocycles. The average Bonchev–Trinajstić information content (AvgIpc) is 2.76. The minimum Gasteiger partial charge on any atom is -0.375 e. The van der Waals surface area contributed by atoms with Crippen molar-refractivity contribution >= 4 is 0 Å². The molecule has 3 aliphatic rings. The molecule has 2 aliphatic heterocycles. The largest absolute Gasteiger partial charge is 0.375 e. The van der Waals surface area contributed by atoms with Crippen LogP contribution in [0.5, 0.6) is 0 Å². The summed E-state index contributed by atoms with van der Waals surface area (Å²) in [6.45, 7) is 4.43. The van der Waals surface area contributed by atoms with E-state index in [9.17, 15) is 0 Å². The normalized spacial score (nSPS) is 37.2. The molecule has 3 fully saturated rings. The first kappa shape index (κ1) is 11.9. The zero-order chi connectivity index (χ0) is 11.7.